The van der Waals surface area contributed by atoms with Crippen LogP contribution >= 0.6 is 0 Å². The van der Waals surface area contributed by atoms with E-state index in [2.05, 4.69) is 0 Å². The molecule has 2 aliphatic heterocycles. The van der Waals surface area contributed by atoms with E-state index >= 15 is 0 Å². The lowest BCUT2D eigenvalue weighted by atomic mass is 9.95. The summed E-state index contributed by atoms with van der Waals surface area (Å²) in [5.41, 5.74) is 0.388. The number of piperidine rings is 1. The second-order valence-electron chi connectivity index (χ2n) is 6.63. The molecule has 1 N–H and O–H groups in total. The molecule has 134 valence electrons. The summed E-state index contributed by atoms with van der Waals surface area (Å²) in [5.74, 6) is -2.16. The number of nitrogens with zero attached hydrogens (tertiary/aromatic N) is 2. The molecule has 0 bridgehead atoms. The van der Waals surface area contributed by atoms with Crippen molar-refractivity contribution in [2.24, 2.45) is 5.92 Å². The van der Waals surface area contributed by atoms with Gasteiger partial charge in [-0.15, -0.1) is 0 Å². The van der Waals surface area contributed by atoms with E-state index in [0.717, 1.165) is 0 Å². The Balaban J connectivity index is 1.68. The Kier molecular flexibility index (Phi) is 5.01. The van der Waals surface area contributed by atoms with Gasteiger partial charge >= 0.3 is 5.97 Å². The summed E-state index contributed by atoms with van der Waals surface area (Å²) in [6.45, 7) is 1.28. The SMILES string of the molecule is O=C(O)C1CCCN1C(=O)C1CCCN(C(=O)c2ccc(F)cc2)C1. The Morgan fingerprint density at radius 1 is 1.04 bits per heavy atom. The lowest BCUT2D eigenvalue weighted by Crippen LogP contribution is -2.49. The number of halogens is 1. The molecule has 0 spiro atoms. The lowest BCUT2D eigenvalue weighted by molar-refractivity contribution is -0.150. The number of amides is 2. The standard InChI is InChI=1S/C18H21FN2O4/c19-14-7-5-12(6-8-14)16(22)20-9-1-3-13(11-20)17(23)21-10-2-4-15(21)18(24)25/h5-8,13,15H,1-4,9-11H2,(H,24,25). The Bertz CT molecular complexity index is 676. The smallest absolute Gasteiger partial charge is 0.326 e. The van der Waals surface area contributed by atoms with E-state index in [9.17, 15) is 23.9 Å². The summed E-state index contributed by atoms with van der Waals surface area (Å²) in [5, 5.41) is 9.25. The predicted octanol–water partition coefficient (Wildman–Crippen LogP) is 1.75. The van der Waals surface area contributed by atoms with Gasteiger partial charge in [-0.3, -0.25) is 9.59 Å². The minimum atomic E-state index is -0.971. The molecule has 0 aromatic heterocycles. The quantitative estimate of drug-likeness (QED) is 0.903. The van der Waals surface area contributed by atoms with Crippen LogP contribution in [0.5, 0.6) is 0 Å². The van der Waals surface area contributed by atoms with Crippen LogP contribution in [0.1, 0.15) is 36.0 Å². The van der Waals surface area contributed by atoms with Gasteiger partial charge in [-0.25, -0.2) is 9.18 Å². The molecule has 2 saturated heterocycles. The van der Waals surface area contributed by atoms with Gasteiger partial charge in [-0.2, -0.15) is 0 Å². The van der Waals surface area contributed by atoms with Gasteiger partial charge in [0.25, 0.3) is 5.91 Å². The third-order valence-electron chi connectivity index (χ3n) is 4.97. The first-order valence-electron chi connectivity index (χ1n) is 8.55. The Morgan fingerprint density at radius 3 is 2.40 bits per heavy atom. The number of carboxylic acids is 1. The van der Waals surface area contributed by atoms with Crippen LogP contribution in [0, 0.1) is 11.7 Å². The number of rotatable bonds is 3. The van der Waals surface area contributed by atoms with Crippen molar-refractivity contribution in [2.45, 2.75) is 31.7 Å². The van der Waals surface area contributed by atoms with E-state index in [1.165, 1.54) is 29.2 Å². The Hall–Kier alpha value is -2.44. The van der Waals surface area contributed by atoms with E-state index < -0.39 is 17.8 Å². The lowest BCUT2D eigenvalue weighted by Gasteiger charge is -2.35. The number of likely N-dealkylation sites (tertiary alicyclic amines) is 2. The molecule has 3 rings (SSSR count). The molecule has 7 heteroatoms. The first-order chi connectivity index (χ1) is 12.0. The van der Waals surface area contributed by atoms with Crippen molar-refractivity contribution in [1.82, 2.24) is 9.80 Å². The summed E-state index contributed by atoms with van der Waals surface area (Å²) >= 11 is 0. The summed E-state index contributed by atoms with van der Waals surface area (Å²) < 4.78 is 13.0. The van der Waals surface area contributed by atoms with Crippen molar-refractivity contribution >= 4 is 17.8 Å². The predicted molar refractivity (Wildman–Crippen MR) is 87.4 cm³/mol. The number of aliphatic carboxylic acids is 1. The molecule has 0 aliphatic carbocycles. The Morgan fingerprint density at radius 2 is 1.72 bits per heavy atom. The van der Waals surface area contributed by atoms with Crippen LogP contribution in [0.15, 0.2) is 24.3 Å². The van der Waals surface area contributed by atoms with E-state index in [0.29, 0.717) is 44.3 Å². The minimum Gasteiger partial charge on any atom is -0.480 e. The molecule has 2 heterocycles. The van der Waals surface area contributed by atoms with Crippen LogP contribution in [0.4, 0.5) is 4.39 Å². The van der Waals surface area contributed by atoms with Crippen molar-refractivity contribution in [3.05, 3.63) is 35.6 Å². The maximum atomic E-state index is 13.0. The van der Waals surface area contributed by atoms with Crippen LogP contribution in [-0.4, -0.2) is 58.4 Å². The highest BCUT2D eigenvalue weighted by Crippen LogP contribution is 2.25. The highest BCUT2D eigenvalue weighted by atomic mass is 19.1. The van der Waals surface area contributed by atoms with Gasteiger partial charge in [0.2, 0.25) is 5.91 Å². The number of carbonyl (C=O) groups excluding carboxylic acids is 2. The first-order valence-corrected chi connectivity index (χ1v) is 8.55. The maximum absolute atomic E-state index is 13.0. The van der Waals surface area contributed by atoms with Crippen LogP contribution in [-0.2, 0) is 9.59 Å². The summed E-state index contributed by atoms with van der Waals surface area (Å²) in [4.78, 5) is 39.6. The van der Waals surface area contributed by atoms with E-state index in [-0.39, 0.29) is 24.3 Å². The molecule has 2 atom stereocenters. The summed E-state index contributed by atoms with van der Waals surface area (Å²) in [6, 6.07) is 4.59. The zero-order valence-electron chi connectivity index (χ0n) is 13.9. The fraction of sp³-hybridized carbons (Fsp3) is 0.500. The Labute approximate surface area is 145 Å². The van der Waals surface area contributed by atoms with Crippen LogP contribution < -0.4 is 0 Å². The number of carbonyl (C=O) groups is 3. The second-order valence-corrected chi connectivity index (χ2v) is 6.63. The molecule has 2 aliphatic rings. The number of hydrogen-bond donors (Lipinski definition) is 1. The minimum absolute atomic E-state index is 0.179. The van der Waals surface area contributed by atoms with Crippen molar-refractivity contribution < 1.29 is 23.9 Å². The van der Waals surface area contributed by atoms with Gasteiger partial charge in [-0.05, 0) is 49.9 Å². The molecule has 1 aromatic rings. The zero-order valence-corrected chi connectivity index (χ0v) is 13.9. The topological polar surface area (TPSA) is 77.9 Å². The van der Waals surface area contributed by atoms with Crippen molar-refractivity contribution in [2.75, 3.05) is 19.6 Å². The van der Waals surface area contributed by atoms with Crippen molar-refractivity contribution in [1.29, 1.82) is 0 Å². The molecule has 1 aromatic carbocycles. The average Bonchev–Trinajstić information content (AvgIpc) is 3.11. The van der Waals surface area contributed by atoms with Crippen molar-refractivity contribution in [3.63, 3.8) is 0 Å². The van der Waals surface area contributed by atoms with Gasteiger partial charge in [0, 0.05) is 25.2 Å². The molecule has 0 radical (unpaired) electrons. The zero-order chi connectivity index (χ0) is 18.0. The monoisotopic (exact) mass is 348 g/mol. The molecule has 6 nitrogen and oxygen atoms in total. The molecular weight excluding hydrogens is 327 g/mol. The van der Waals surface area contributed by atoms with Crippen LogP contribution in [0.25, 0.3) is 0 Å². The number of benzene rings is 1. The van der Waals surface area contributed by atoms with Gasteiger partial charge in [0.1, 0.15) is 11.9 Å². The third kappa shape index (κ3) is 3.65. The molecule has 0 saturated carbocycles. The van der Waals surface area contributed by atoms with Crippen molar-refractivity contribution in [3.8, 4) is 0 Å². The van der Waals surface area contributed by atoms with Gasteiger partial charge in [0.15, 0.2) is 0 Å². The van der Waals surface area contributed by atoms with Gasteiger partial charge in [-0.1, -0.05) is 0 Å². The normalized spacial score (nSPS) is 23.6. The van der Waals surface area contributed by atoms with Crippen LogP contribution in [0.3, 0.4) is 0 Å². The second kappa shape index (κ2) is 7.21. The van der Waals surface area contributed by atoms with E-state index in [4.69, 9.17) is 0 Å². The van der Waals surface area contributed by atoms with E-state index in [1.54, 1.807) is 4.90 Å². The average molecular weight is 348 g/mol. The first kappa shape index (κ1) is 17.4. The highest BCUT2D eigenvalue weighted by molar-refractivity contribution is 5.95. The molecular formula is C18H21FN2O4. The maximum Gasteiger partial charge on any atom is 0.326 e. The van der Waals surface area contributed by atoms with E-state index in [1.807, 2.05) is 0 Å². The molecule has 2 unspecified atom stereocenters. The summed E-state index contributed by atoms with van der Waals surface area (Å²) in [6.07, 6.45) is 2.50. The largest absolute Gasteiger partial charge is 0.480 e. The van der Waals surface area contributed by atoms with Crippen LogP contribution in [0.2, 0.25) is 0 Å². The fourth-order valence-electron chi connectivity index (χ4n) is 3.66. The summed E-state index contributed by atoms with van der Waals surface area (Å²) in [7, 11) is 0. The third-order valence-corrected chi connectivity index (χ3v) is 4.97. The molecule has 2 fully saturated rings. The number of carboxylic acid groups (broad SMARTS) is 1. The highest BCUT2D eigenvalue weighted by Gasteiger charge is 2.39. The molecule has 25 heavy (non-hydrogen) atoms. The van der Waals surface area contributed by atoms with Gasteiger partial charge in [0.05, 0.1) is 5.92 Å². The fourth-order valence-corrected chi connectivity index (χ4v) is 3.66. The number of hydrogen-bond acceptors (Lipinski definition) is 3. The van der Waals surface area contributed by atoms with Gasteiger partial charge < -0.3 is 14.9 Å². The molecule has 2 amide bonds.